The smallest absolute Gasteiger partial charge is 0.239 e. The van der Waals surface area contributed by atoms with E-state index >= 15 is 0 Å². The Morgan fingerprint density at radius 2 is 2.38 bits per heavy atom. The summed E-state index contributed by atoms with van der Waals surface area (Å²) in [6.07, 6.45) is 1.99. The molecule has 1 aliphatic rings. The van der Waals surface area contributed by atoms with E-state index in [1.54, 1.807) is 0 Å². The van der Waals surface area contributed by atoms with Crippen LogP contribution in [0.1, 0.15) is 18.9 Å². The first-order valence-corrected chi connectivity index (χ1v) is 7.64. The fourth-order valence-electron chi connectivity index (χ4n) is 2.67. The van der Waals surface area contributed by atoms with Crippen LogP contribution in [0, 0.1) is 0 Å². The van der Waals surface area contributed by atoms with Crippen LogP contribution in [0.3, 0.4) is 0 Å². The summed E-state index contributed by atoms with van der Waals surface area (Å²) in [6.45, 7) is 5.51. The van der Waals surface area contributed by atoms with Crippen molar-refractivity contribution in [2.24, 2.45) is 0 Å². The quantitative estimate of drug-likeness (QED) is 0.769. The van der Waals surface area contributed by atoms with Gasteiger partial charge in [0.15, 0.2) is 0 Å². The number of amides is 1. The lowest BCUT2D eigenvalue weighted by Crippen LogP contribution is -2.54. The largest absolute Gasteiger partial charge is 0.399 e. The molecule has 0 aromatic heterocycles. The summed E-state index contributed by atoms with van der Waals surface area (Å²) in [5, 5.41) is 2.88. The van der Waals surface area contributed by atoms with Crippen LogP contribution in [0.15, 0.2) is 24.3 Å². The minimum Gasteiger partial charge on any atom is -0.399 e. The molecule has 1 heterocycles. The zero-order valence-electron chi connectivity index (χ0n) is 12.7. The van der Waals surface area contributed by atoms with E-state index in [1.807, 2.05) is 25.1 Å². The number of carbonyl (C=O) groups is 1. The maximum absolute atomic E-state index is 12.0. The molecule has 1 aromatic rings. The number of hydrogen-bond acceptors (Lipinski definition) is 4. The van der Waals surface area contributed by atoms with Crippen LogP contribution in [0.4, 0.5) is 5.69 Å². The molecule has 2 rings (SSSR count). The van der Waals surface area contributed by atoms with Crippen LogP contribution < -0.4 is 11.1 Å². The maximum Gasteiger partial charge on any atom is 0.239 e. The van der Waals surface area contributed by atoms with Crippen molar-refractivity contribution < 1.29 is 9.53 Å². The topological polar surface area (TPSA) is 67.6 Å². The lowest BCUT2D eigenvalue weighted by Gasteiger charge is -2.34. The van der Waals surface area contributed by atoms with Crippen LogP contribution in [0.5, 0.6) is 0 Å². The molecule has 0 aliphatic carbocycles. The number of ether oxygens (including phenoxy) is 1. The van der Waals surface area contributed by atoms with Gasteiger partial charge in [-0.15, -0.1) is 0 Å². The molecule has 1 aromatic carbocycles. The van der Waals surface area contributed by atoms with Gasteiger partial charge >= 0.3 is 0 Å². The minimum atomic E-state index is -0.153. The Labute approximate surface area is 126 Å². The number of nitrogens with two attached hydrogens (primary N) is 1. The summed E-state index contributed by atoms with van der Waals surface area (Å²) in [5.74, 6) is 0.0705. The average molecular weight is 291 g/mol. The van der Waals surface area contributed by atoms with Crippen molar-refractivity contribution in [3.05, 3.63) is 29.8 Å². The standard InChI is InChI=1S/C16H25N3O2/c1-2-18-16(20)15-12-21-10-9-19(15)8-4-6-13-5-3-7-14(17)11-13/h3,5,7,11,15H,2,4,6,8-10,12,17H2,1H3,(H,18,20). The Kier molecular flexibility index (Phi) is 6.02. The van der Waals surface area contributed by atoms with Gasteiger partial charge in [0, 0.05) is 18.8 Å². The number of likely N-dealkylation sites (N-methyl/N-ethyl adjacent to an activating group) is 1. The van der Waals surface area contributed by atoms with Crippen molar-refractivity contribution in [3.63, 3.8) is 0 Å². The third-order valence-corrected chi connectivity index (χ3v) is 3.75. The van der Waals surface area contributed by atoms with Gasteiger partial charge in [0.2, 0.25) is 5.91 Å². The molecule has 1 amide bonds. The monoisotopic (exact) mass is 291 g/mol. The molecule has 0 radical (unpaired) electrons. The summed E-state index contributed by atoms with van der Waals surface area (Å²) >= 11 is 0. The molecule has 1 aliphatic heterocycles. The van der Waals surface area contributed by atoms with E-state index in [1.165, 1.54) is 5.56 Å². The summed E-state index contributed by atoms with van der Waals surface area (Å²) in [6, 6.07) is 7.84. The lowest BCUT2D eigenvalue weighted by molar-refractivity contribution is -0.132. The van der Waals surface area contributed by atoms with Crippen molar-refractivity contribution in [1.82, 2.24) is 10.2 Å². The summed E-state index contributed by atoms with van der Waals surface area (Å²) in [7, 11) is 0. The van der Waals surface area contributed by atoms with E-state index in [2.05, 4.69) is 16.3 Å². The average Bonchev–Trinajstić information content (AvgIpc) is 2.48. The molecule has 116 valence electrons. The molecule has 1 fully saturated rings. The van der Waals surface area contributed by atoms with Gasteiger partial charge in [-0.05, 0) is 44.0 Å². The van der Waals surface area contributed by atoms with Crippen LogP contribution in [0.25, 0.3) is 0 Å². The van der Waals surface area contributed by atoms with Gasteiger partial charge in [-0.3, -0.25) is 9.69 Å². The minimum absolute atomic E-state index is 0.0705. The van der Waals surface area contributed by atoms with Crippen molar-refractivity contribution in [1.29, 1.82) is 0 Å². The molecule has 3 N–H and O–H groups in total. The van der Waals surface area contributed by atoms with Crippen LogP contribution >= 0.6 is 0 Å². The highest BCUT2D eigenvalue weighted by Crippen LogP contribution is 2.12. The van der Waals surface area contributed by atoms with Crippen molar-refractivity contribution in [2.45, 2.75) is 25.8 Å². The summed E-state index contributed by atoms with van der Waals surface area (Å²) < 4.78 is 5.44. The first kappa shape index (κ1) is 15.8. The van der Waals surface area contributed by atoms with Crippen molar-refractivity contribution in [3.8, 4) is 0 Å². The normalized spacial score (nSPS) is 19.4. The number of morpholine rings is 1. The maximum atomic E-state index is 12.0. The lowest BCUT2D eigenvalue weighted by atomic mass is 10.1. The molecular formula is C16H25N3O2. The number of nitrogens with zero attached hydrogens (tertiary/aromatic N) is 1. The van der Waals surface area contributed by atoms with Gasteiger partial charge in [-0.1, -0.05) is 12.1 Å². The Bertz CT molecular complexity index is 465. The predicted molar refractivity (Wildman–Crippen MR) is 84.0 cm³/mol. The number of carbonyl (C=O) groups excluding carboxylic acids is 1. The third-order valence-electron chi connectivity index (χ3n) is 3.75. The number of aryl methyl sites for hydroxylation is 1. The summed E-state index contributed by atoms with van der Waals surface area (Å²) in [4.78, 5) is 14.3. The number of benzene rings is 1. The number of nitrogen functional groups attached to an aromatic ring is 1. The van der Waals surface area contributed by atoms with Crippen molar-refractivity contribution in [2.75, 3.05) is 38.6 Å². The fraction of sp³-hybridized carbons (Fsp3) is 0.562. The SMILES string of the molecule is CCNC(=O)C1COCCN1CCCc1cccc(N)c1. The second kappa shape index (κ2) is 8.00. The van der Waals surface area contributed by atoms with E-state index in [-0.39, 0.29) is 11.9 Å². The Hall–Kier alpha value is -1.59. The molecule has 5 heteroatoms. The first-order chi connectivity index (χ1) is 10.2. The Morgan fingerprint density at radius 1 is 1.52 bits per heavy atom. The number of anilines is 1. The second-order valence-electron chi connectivity index (χ2n) is 5.37. The second-order valence-corrected chi connectivity index (χ2v) is 5.37. The van der Waals surface area contributed by atoms with E-state index < -0.39 is 0 Å². The van der Waals surface area contributed by atoms with Gasteiger partial charge in [0.25, 0.3) is 0 Å². The zero-order chi connectivity index (χ0) is 15.1. The molecule has 1 saturated heterocycles. The zero-order valence-corrected chi connectivity index (χ0v) is 12.7. The van der Waals surface area contributed by atoms with Gasteiger partial charge < -0.3 is 15.8 Å². The van der Waals surface area contributed by atoms with Gasteiger partial charge in [0.1, 0.15) is 6.04 Å². The van der Waals surface area contributed by atoms with E-state index in [0.717, 1.165) is 31.6 Å². The molecule has 0 spiro atoms. The molecule has 1 atom stereocenters. The molecule has 5 nitrogen and oxygen atoms in total. The predicted octanol–water partition coefficient (Wildman–Crippen LogP) is 1.04. The van der Waals surface area contributed by atoms with Gasteiger partial charge in [0.05, 0.1) is 13.2 Å². The third kappa shape index (κ3) is 4.72. The van der Waals surface area contributed by atoms with E-state index in [4.69, 9.17) is 10.5 Å². The Balaban J connectivity index is 1.83. The number of hydrogen-bond donors (Lipinski definition) is 2. The molecular weight excluding hydrogens is 266 g/mol. The van der Waals surface area contributed by atoms with E-state index in [9.17, 15) is 4.79 Å². The number of nitrogens with one attached hydrogen (secondary N) is 1. The summed E-state index contributed by atoms with van der Waals surface area (Å²) in [5.41, 5.74) is 7.84. The Morgan fingerprint density at radius 3 is 3.14 bits per heavy atom. The van der Waals surface area contributed by atoms with E-state index in [0.29, 0.717) is 19.8 Å². The first-order valence-electron chi connectivity index (χ1n) is 7.64. The van der Waals surface area contributed by atoms with Crippen LogP contribution in [0.2, 0.25) is 0 Å². The van der Waals surface area contributed by atoms with Gasteiger partial charge in [-0.25, -0.2) is 0 Å². The molecule has 0 bridgehead atoms. The highest BCUT2D eigenvalue weighted by atomic mass is 16.5. The molecule has 1 unspecified atom stereocenters. The van der Waals surface area contributed by atoms with Crippen LogP contribution in [-0.2, 0) is 16.0 Å². The number of rotatable bonds is 6. The van der Waals surface area contributed by atoms with Crippen molar-refractivity contribution >= 4 is 11.6 Å². The highest BCUT2D eigenvalue weighted by molar-refractivity contribution is 5.81. The van der Waals surface area contributed by atoms with Crippen LogP contribution in [-0.4, -0.2) is 49.7 Å². The fourth-order valence-corrected chi connectivity index (χ4v) is 2.67. The molecule has 21 heavy (non-hydrogen) atoms. The molecule has 0 saturated carbocycles. The highest BCUT2D eigenvalue weighted by Gasteiger charge is 2.28. The van der Waals surface area contributed by atoms with Gasteiger partial charge in [-0.2, -0.15) is 0 Å².